The zero-order valence-corrected chi connectivity index (χ0v) is 21.4. The van der Waals surface area contributed by atoms with Gasteiger partial charge in [-0.15, -0.1) is 0 Å². The number of rotatable bonds is 1. The van der Waals surface area contributed by atoms with Crippen molar-refractivity contribution >= 4 is 61.8 Å². The molecule has 170 valence electrons. The first kappa shape index (κ1) is 20.1. The van der Waals surface area contributed by atoms with Gasteiger partial charge in [-0.25, -0.2) is 0 Å². The van der Waals surface area contributed by atoms with Crippen molar-refractivity contribution < 1.29 is 0 Å². The zero-order chi connectivity index (χ0) is 24.0. The molecule has 1 aliphatic heterocycles. The van der Waals surface area contributed by atoms with Crippen molar-refractivity contribution in [2.45, 2.75) is 13.1 Å². The molecule has 36 heavy (non-hydrogen) atoms. The highest BCUT2D eigenvalue weighted by Crippen LogP contribution is 2.44. The number of nitrogens with zero attached hydrogens (tertiary/aromatic N) is 1. The second kappa shape index (κ2) is 6.96. The molecular formula is C34H25NSi. The number of aromatic nitrogens is 1. The van der Waals surface area contributed by atoms with Gasteiger partial charge in [0.25, 0.3) is 0 Å². The van der Waals surface area contributed by atoms with E-state index in [-0.39, 0.29) is 0 Å². The Balaban J connectivity index is 1.73. The van der Waals surface area contributed by atoms with Crippen molar-refractivity contribution in [2.75, 3.05) is 0 Å². The van der Waals surface area contributed by atoms with Crippen LogP contribution >= 0.6 is 0 Å². The monoisotopic (exact) mass is 475 g/mol. The molecule has 0 unspecified atom stereocenters. The Bertz CT molecular complexity index is 2010. The Morgan fingerprint density at radius 2 is 1.14 bits per heavy atom. The third-order valence-electron chi connectivity index (χ3n) is 8.33. The number of fused-ring (bicyclic) bond motifs is 12. The van der Waals surface area contributed by atoms with Crippen LogP contribution in [0.1, 0.15) is 0 Å². The summed E-state index contributed by atoms with van der Waals surface area (Å²) in [4.78, 5) is 0. The molecular weight excluding hydrogens is 450 g/mol. The van der Waals surface area contributed by atoms with Crippen LogP contribution in [-0.4, -0.2) is 12.6 Å². The second-order valence-corrected chi connectivity index (χ2v) is 14.8. The van der Waals surface area contributed by atoms with Gasteiger partial charge in [0.2, 0.25) is 0 Å². The minimum Gasteiger partial charge on any atom is -0.309 e. The molecule has 1 aliphatic rings. The van der Waals surface area contributed by atoms with Crippen molar-refractivity contribution in [3.8, 4) is 16.8 Å². The molecule has 1 nitrogen and oxygen atoms in total. The maximum absolute atomic E-state index is 2.54. The van der Waals surface area contributed by atoms with Crippen LogP contribution in [0.5, 0.6) is 0 Å². The largest absolute Gasteiger partial charge is 0.309 e. The molecule has 0 amide bonds. The SMILES string of the molecule is C[Si]1(C)c2ccccc2-c2ccc3c4ccccc4c4c5ccccc5n(-c5ccccc5)c4c3c21. The van der Waals surface area contributed by atoms with E-state index >= 15 is 0 Å². The minimum absolute atomic E-state index is 1.22. The molecule has 1 aromatic heterocycles. The summed E-state index contributed by atoms with van der Waals surface area (Å²) in [5.74, 6) is 0. The molecule has 0 fully saturated rings. The lowest BCUT2D eigenvalue weighted by Crippen LogP contribution is -2.49. The summed E-state index contributed by atoms with van der Waals surface area (Å²) < 4.78 is 2.52. The molecule has 0 spiro atoms. The van der Waals surface area contributed by atoms with Gasteiger partial charge < -0.3 is 4.57 Å². The number of hydrogen-bond acceptors (Lipinski definition) is 0. The number of para-hydroxylation sites is 2. The van der Waals surface area contributed by atoms with Crippen molar-refractivity contribution in [1.82, 2.24) is 4.57 Å². The van der Waals surface area contributed by atoms with Crippen LogP contribution in [0.4, 0.5) is 0 Å². The first-order valence-corrected chi connectivity index (χ1v) is 15.7. The van der Waals surface area contributed by atoms with Crippen molar-refractivity contribution in [3.63, 3.8) is 0 Å². The lowest BCUT2D eigenvalue weighted by atomic mass is 9.94. The number of hydrogen-bond donors (Lipinski definition) is 0. The topological polar surface area (TPSA) is 4.93 Å². The predicted octanol–water partition coefficient (Wildman–Crippen LogP) is 7.89. The average Bonchev–Trinajstić information content (AvgIpc) is 3.39. The van der Waals surface area contributed by atoms with Crippen LogP contribution in [0.2, 0.25) is 13.1 Å². The van der Waals surface area contributed by atoms with E-state index in [1.54, 1.807) is 10.4 Å². The van der Waals surface area contributed by atoms with Gasteiger partial charge in [0, 0.05) is 21.8 Å². The third-order valence-corrected chi connectivity index (χ3v) is 11.9. The van der Waals surface area contributed by atoms with E-state index in [1.165, 1.54) is 60.2 Å². The Morgan fingerprint density at radius 1 is 0.500 bits per heavy atom. The van der Waals surface area contributed by atoms with E-state index in [9.17, 15) is 0 Å². The van der Waals surface area contributed by atoms with Crippen LogP contribution in [0.15, 0.2) is 115 Å². The predicted molar refractivity (Wildman–Crippen MR) is 158 cm³/mol. The molecule has 2 heterocycles. The van der Waals surface area contributed by atoms with Gasteiger partial charge in [-0.3, -0.25) is 0 Å². The smallest absolute Gasteiger partial charge is 0.114 e. The van der Waals surface area contributed by atoms with Gasteiger partial charge >= 0.3 is 0 Å². The average molecular weight is 476 g/mol. The highest BCUT2D eigenvalue weighted by Gasteiger charge is 2.39. The lowest BCUT2D eigenvalue weighted by Gasteiger charge is -2.23. The van der Waals surface area contributed by atoms with E-state index in [0.29, 0.717) is 0 Å². The normalized spacial score (nSPS) is 14.1. The molecule has 0 saturated heterocycles. The molecule has 2 heteroatoms. The van der Waals surface area contributed by atoms with Crippen molar-refractivity contribution in [1.29, 1.82) is 0 Å². The first-order chi connectivity index (χ1) is 17.7. The highest BCUT2D eigenvalue weighted by atomic mass is 28.3. The molecule has 7 aromatic rings. The van der Waals surface area contributed by atoms with E-state index in [4.69, 9.17) is 0 Å². The fraction of sp³-hybridized carbons (Fsp3) is 0.0588. The Morgan fingerprint density at radius 3 is 1.97 bits per heavy atom. The molecule has 0 radical (unpaired) electrons. The fourth-order valence-corrected chi connectivity index (χ4v) is 10.3. The maximum Gasteiger partial charge on any atom is 0.114 e. The molecule has 0 N–H and O–H groups in total. The summed E-state index contributed by atoms with van der Waals surface area (Å²) >= 11 is 0. The van der Waals surface area contributed by atoms with Gasteiger partial charge in [0.05, 0.1) is 11.0 Å². The van der Waals surface area contributed by atoms with E-state index in [2.05, 4.69) is 133 Å². The Labute approximate surface area is 211 Å². The maximum atomic E-state index is 2.54. The summed E-state index contributed by atoms with van der Waals surface area (Å²) in [5.41, 5.74) is 6.68. The van der Waals surface area contributed by atoms with Crippen molar-refractivity contribution in [3.05, 3.63) is 115 Å². The molecule has 0 aliphatic carbocycles. The van der Waals surface area contributed by atoms with Gasteiger partial charge in [0.1, 0.15) is 8.07 Å². The Kier molecular flexibility index (Phi) is 3.89. The molecule has 8 rings (SSSR count). The number of benzene rings is 6. The highest BCUT2D eigenvalue weighted by molar-refractivity contribution is 7.05. The van der Waals surface area contributed by atoms with Crippen LogP contribution < -0.4 is 10.4 Å². The lowest BCUT2D eigenvalue weighted by molar-refractivity contribution is 1.19. The summed E-state index contributed by atoms with van der Waals surface area (Å²) in [6.45, 7) is 5.07. The zero-order valence-electron chi connectivity index (χ0n) is 20.4. The van der Waals surface area contributed by atoms with Crippen LogP contribution in [0.3, 0.4) is 0 Å². The van der Waals surface area contributed by atoms with Gasteiger partial charge in [-0.1, -0.05) is 110 Å². The molecule has 0 saturated carbocycles. The van der Waals surface area contributed by atoms with Crippen LogP contribution in [-0.2, 0) is 0 Å². The molecule has 6 aromatic carbocycles. The van der Waals surface area contributed by atoms with E-state index in [1.807, 2.05) is 0 Å². The van der Waals surface area contributed by atoms with Gasteiger partial charge in [0.15, 0.2) is 0 Å². The fourth-order valence-electron chi connectivity index (χ4n) is 6.87. The van der Waals surface area contributed by atoms with Crippen LogP contribution in [0, 0.1) is 0 Å². The standard InChI is InChI=1S/C34H25NSi/c1-36(2)30-19-11-9-15-24(30)27-21-20-26-23-14-6-7-16-25(23)31-28-17-8-10-18-29(28)35(22-12-4-3-5-13-22)33(31)32(26)34(27)36/h3-21H,1-2H3. The third kappa shape index (κ3) is 2.40. The summed E-state index contributed by atoms with van der Waals surface area (Å²) in [5, 5.41) is 11.3. The second-order valence-electron chi connectivity index (χ2n) is 10.5. The quantitative estimate of drug-likeness (QED) is 0.168. The molecule has 0 atom stereocenters. The summed E-state index contributed by atoms with van der Waals surface area (Å²) in [7, 11) is -1.94. The minimum atomic E-state index is -1.94. The van der Waals surface area contributed by atoms with Gasteiger partial charge in [-0.2, -0.15) is 0 Å². The summed E-state index contributed by atoms with van der Waals surface area (Å²) in [6.07, 6.45) is 0. The first-order valence-electron chi connectivity index (χ1n) is 12.7. The Hall–Kier alpha value is -4.14. The van der Waals surface area contributed by atoms with E-state index in [0.717, 1.165) is 0 Å². The van der Waals surface area contributed by atoms with Crippen molar-refractivity contribution in [2.24, 2.45) is 0 Å². The van der Waals surface area contributed by atoms with Gasteiger partial charge in [-0.05, 0) is 55.9 Å². The molecule has 0 bridgehead atoms. The van der Waals surface area contributed by atoms with E-state index < -0.39 is 8.07 Å². The van der Waals surface area contributed by atoms with Crippen LogP contribution in [0.25, 0.3) is 60.2 Å². The summed E-state index contributed by atoms with van der Waals surface area (Å²) in [6, 6.07) is 42.7.